The van der Waals surface area contributed by atoms with Gasteiger partial charge in [0.15, 0.2) is 5.16 Å². The van der Waals surface area contributed by atoms with Gasteiger partial charge in [-0.05, 0) is 49.7 Å². The summed E-state index contributed by atoms with van der Waals surface area (Å²) in [6, 6.07) is 18.2. The SMILES string of the molecule is CCCc1cc(=O)[nH]c(SC(C)C(=O)Nc2ccc(Oc3ccccc3)cc2)n1. The van der Waals surface area contributed by atoms with Gasteiger partial charge >= 0.3 is 0 Å². The van der Waals surface area contributed by atoms with E-state index in [1.807, 2.05) is 37.3 Å². The van der Waals surface area contributed by atoms with Crippen LogP contribution in [0.1, 0.15) is 26.0 Å². The van der Waals surface area contributed by atoms with E-state index in [9.17, 15) is 9.59 Å². The van der Waals surface area contributed by atoms with Crippen molar-refractivity contribution in [2.45, 2.75) is 37.1 Å². The van der Waals surface area contributed by atoms with Gasteiger partial charge in [0.1, 0.15) is 11.5 Å². The van der Waals surface area contributed by atoms with Crippen LogP contribution in [-0.4, -0.2) is 21.1 Å². The number of thioether (sulfide) groups is 1. The summed E-state index contributed by atoms with van der Waals surface area (Å²) < 4.78 is 5.75. The predicted molar refractivity (Wildman–Crippen MR) is 116 cm³/mol. The highest BCUT2D eigenvalue weighted by atomic mass is 32.2. The lowest BCUT2D eigenvalue weighted by atomic mass is 10.2. The van der Waals surface area contributed by atoms with Crippen molar-refractivity contribution in [1.29, 1.82) is 0 Å². The molecule has 0 aliphatic heterocycles. The minimum atomic E-state index is -0.421. The highest BCUT2D eigenvalue weighted by Crippen LogP contribution is 2.24. The van der Waals surface area contributed by atoms with Gasteiger partial charge in [-0.3, -0.25) is 9.59 Å². The van der Waals surface area contributed by atoms with Crippen LogP contribution in [0.15, 0.2) is 70.6 Å². The van der Waals surface area contributed by atoms with Crippen LogP contribution in [0.25, 0.3) is 0 Å². The first-order chi connectivity index (χ1) is 14.0. The Hall–Kier alpha value is -3.06. The molecule has 0 saturated carbocycles. The molecule has 1 unspecified atom stereocenters. The molecular formula is C22H23N3O3S. The van der Waals surface area contributed by atoms with Crippen LogP contribution in [0.2, 0.25) is 0 Å². The molecule has 2 aromatic carbocycles. The molecule has 0 aliphatic rings. The lowest BCUT2D eigenvalue weighted by Gasteiger charge is -2.12. The molecule has 3 rings (SSSR count). The molecule has 0 bridgehead atoms. The van der Waals surface area contributed by atoms with E-state index in [0.29, 0.717) is 16.6 Å². The van der Waals surface area contributed by atoms with Crippen LogP contribution >= 0.6 is 11.8 Å². The topological polar surface area (TPSA) is 84.1 Å². The van der Waals surface area contributed by atoms with Gasteiger partial charge < -0.3 is 15.0 Å². The third-order valence-electron chi connectivity index (χ3n) is 4.04. The average molecular weight is 410 g/mol. The van der Waals surface area contributed by atoms with Gasteiger partial charge in [0, 0.05) is 17.4 Å². The van der Waals surface area contributed by atoms with E-state index in [1.54, 1.807) is 31.2 Å². The van der Waals surface area contributed by atoms with Crippen molar-refractivity contribution in [2.75, 3.05) is 5.32 Å². The van der Waals surface area contributed by atoms with E-state index in [4.69, 9.17) is 4.74 Å². The van der Waals surface area contributed by atoms with Crippen molar-refractivity contribution in [3.63, 3.8) is 0 Å². The maximum Gasteiger partial charge on any atom is 0.251 e. The molecule has 0 radical (unpaired) electrons. The minimum absolute atomic E-state index is 0.171. The molecule has 2 N–H and O–H groups in total. The molecule has 6 nitrogen and oxygen atoms in total. The Morgan fingerprint density at radius 3 is 2.52 bits per heavy atom. The van der Waals surface area contributed by atoms with E-state index in [2.05, 4.69) is 15.3 Å². The smallest absolute Gasteiger partial charge is 0.251 e. The van der Waals surface area contributed by atoms with E-state index in [1.165, 1.54) is 17.8 Å². The number of aryl methyl sites for hydroxylation is 1. The number of para-hydroxylation sites is 1. The molecular weight excluding hydrogens is 386 g/mol. The molecule has 7 heteroatoms. The minimum Gasteiger partial charge on any atom is -0.457 e. The zero-order chi connectivity index (χ0) is 20.6. The Kier molecular flexibility index (Phi) is 7.08. The number of carbonyl (C=O) groups is 1. The maximum atomic E-state index is 12.5. The number of rotatable bonds is 8. The maximum absolute atomic E-state index is 12.5. The number of aromatic nitrogens is 2. The van der Waals surface area contributed by atoms with E-state index in [-0.39, 0.29) is 11.5 Å². The van der Waals surface area contributed by atoms with Crippen LogP contribution in [0, 0.1) is 0 Å². The van der Waals surface area contributed by atoms with Gasteiger partial charge in [-0.15, -0.1) is 0 Å². The summed E-state index contributed by atoms with van der Waals surface area (Å²) in [4.78, 5) is 31.4. The molecule has 3 aromatic rings. The van der Waals surface area contributed by atoms with Gasteiger partial charge in [0.05, 0.1) is 5.25 Å². The fourth-order valence-corrected chi connectivity index (χ4v) is 3.45. The normalized spacial score (nSPS) is 11.7. The number of hydrogen-bond acceptors (Lipinski definition) is 5. The number of H-pyrrole nitrogens is 1. The largest absolute Gasteiger partial charge is 0.457 e. The number of ether oxygens (including phenoxy) is 1. The summed E-state index contributed by atoms with van der Waals surface area (Å²) in [5.41, 5.74) is 1.21. The van der Waals surface area contributed by atoms with Crippen molar-refractivity contribution in [2.24, 2.45) is 0 Å². The number of nitrogens with one attached hydrogen (secondary N) is 2. The molecule has 1 aromatic heterocycles. The second kappa shape index (κ2) is 9.93. The molecule has 0 aliphatic carbocycles. The first-order valence-electron chi connectivity index (χ1n) is 9.44. The van der Waals surface area contributed by atoms with Crippen molar-refractivity contribution in [3.05, 3.63) is 76.7 Å². The van der Waals surface area contributed by atoms with Gasteiger partial charge in [0.2, 0.25) is 5.91 Å². The van der Waals surface area contributed by atoms with Crippen LogP contribution in [0.3, 0.4) is 0 Å². The third kappa shape index (κ3) is 6.22. The van der Waals surface area contributed by atoms with Gasteiger partial charge in [-0.2, -0.15) is 0 Å². The molecule has 0 spiro atoms. The molecule has 1 atom stereocenters. The quantitative estimate of drug-likeness (QED) is 0.418. The van der Waals surface area contributed by atoms with Crippen LogP contribution in [0.5, 0.6) is 11.5 Å². The lowest BCUT2D eigenvalue weighted by Crippen LogP contribution is -2.23. The van der Waals surface area contributed by atoms with Crippen molar-refractivity contribution >= 4 is 23.4 Å². The van der Waals surface area contributed by atoms with Crippen molar-refractivity contribution in [1.82, 2.24) is 9.97 Å². The van der Waals surface area contributed by atoms with Crippen LogP contribution in [-0.2, 0) is 11.2 Å². The van der Waals surface area contributed by atoms with Crippen molar-refractivity contribution < 1.29 is 9.53 Å². The Balaban J connectivity index is 1.59. The van der Waals surface area contributed by atoms with Crippen molar-refractivity contribution in [3.8, 4) is 11.5 Å². The molecule has 0 saturated heterocycles. The summed E-state index contributed by atoms with van der Waals surface area (Å²) in [6.45, 7) is 3.81. The fraction of sp³-hybridized carbons (Fsp3) is 0.227. The summed E-state index contributed by atoms with van der Waals surface area (Å²) in [6.07, 6.45) is 1.63. The standard InChI is InChI=1S/C22H23N3O3S/c1-3-7-17-14-20(26)25-22(24-17)29-15(2)21(27)23-16-10-12-19(13-11-16)28-18-8-5-4-6-9-18/h4-6,8-15H,3,7H2,1-2H3,(H,23,27)(H,24,25,26). The number of aromatic amines is 1. The zero-order valence-electron chi connectivity index (χ0n) is 16.3. The summed E-state index contributed by atoms with van der Waals surface area (Å²) in [5.74, 6) is 1.27. The van der Waals surface area contributed by atoms with Crippen LogP contribution in [0.4, 0.5) is 5.69 Å². The second-order valence-electron chi connectivity index (χ2n) is 6.48. The number of hydrogen-bond donors (Lipinski definition) is 2. The van der Waals surface area contributed by atoms with E-state index >= 15 is 0 Å². The number of amides is 1. The Bertz CT molecular complexity index is 1000. The lowest BCUT2D eigenvalue weighted by molar-refractivity contribution is -0.115. The predicted octanol–water partition coefficient (Wildman–Crippen LogP) is 4.63. The number of carbonyl (C=O) groups excluding carboxylic acids is 1. The zero-order valence-corrected chi connectivity index (χ0v) is 17.2. The van der Waals surface area contributed by atoms with Gasteiger partial charge in [0.25, 0.3) is 5.56 Å². The number of benzene rings is 2. The highest BCUT2D eigenvalue weighted by molar-refractivity contribution is 8.00. The number of anilines is 1. The van der Waals surface area contributed by atoms with E-state index < -0.39 is 5.25 Å². The second-order valence-corrected chi connectivity index (χ2v) is 7.81. The summed E-state index contributed by atoms with van der Waals surface area (Å²) in [5, 5.41) is 2.91. The Morgan fingerprint density at radius 1 is 1.14 bits per heavy atom. The first-order valence-corrected chi connectivity index (χ1v) is 10.3. The van der Waals surface area contributed by atoms with Gasteiger partial charge in [-0.25, -0.2) is 4.98 Å². The van der Waals surface area contributed by atoms with Crippen LogP contribution < -0.4 is 15.6 Å². The third-order valence-corrected chi connectivity index (χ3v) is 5.02. The summed E-state index contributed by atoms with van der Waals surface area (Å²) >= 11 is 1.23. The monoisotopic (exact) mass is 409 g/mol. The Labute approximate surface area is 173 Å². The highest BCUT2D eigenvalue weighted by Gasteiger charge is 2.16. The number of nitrogens with zero attached hydrogens (tertiary/aromatic N) is 1. The molecule has 1 amide bonds. The average Bonchev–Trinajstić information content (AvgIpc) is 2.70. The Morgan fingerprint density at radius 2 is 1.83 bits per heavy atom. The first kappa shape index (κ1) is 20.7. The summed E-state index contributed by atoms with van der Waals surface area (Å²) in [7, 11) is 0. The molecule has 29 heavy (non-hydrogen) atoms. The van der Waals surface area contributed by atoms with E-state index in [0.717, 1.165) is 24.3 Å². The molecule has 0 fully saturated rings. The molecule has 1 heterocycles. The fourth-order valence-electron chi connectivity index (χ4n) is 2.62. The van der Waals surface area contributed by atoms with Gasteiger partial charge in [-0.1, -0.05) is 43.3 Å². The molecule has 150 valence electrons.